The lowest BCUT2D eigenvalue weighted by Crippen LogP contribution is -2.32. The van der Waals surface area contributed by atoms with Crippen molar-refractivity contribution in [3.8, 4) is 11.5 Å². The van der Waals surface area contributed by atoms with E-state index in [1.54, 1.807) is 49.0 Å². The maximum absolute atomic E-state index is 13.7. The van der Waals surface area contributed by atoms with Gasteiger partial charge in [-0.25, -0.2) is 9.07 Å². The van der Waals surface area contributed by atoms with E-state index in [0.29, 0.717) is 40.0 Å². The van der Waals surface area contributed by atoms with Crippen LogP contribution in [-0.2, 0) is 4.79 Å². The highest BCUT2D eigenvalue weighted by Crippen LogP contribution is 2.39. The van der Waals surface area contributed by atoms with Crippen LogP contribution < -0.4 is 25.4 Å². The van der Waals surface area contributed by atoms with Gasteiger partial charge < -0.3 is 25.4 Å². The molecule has 0 saturated heterocycles. The number of aromatic nitrogens is 2. The average molecular weight is 528 g/mol. The molecular weight excluding hydrogens is 501 g/mol. The Morgan fingerprint density at radius 3 is 2.33 bits per heavy atom. The van der Waals surface area contributed by atoms with Gasteiger partial charge in [0.05, 0.1) is 31.7 Å². The second kappa shape index (κ2) is 10.7. The number of fused-ring (bicyclic) bond motifs is 1. The van der Waals surface area contributed by atoms with E-state index < -0.39 is 17.8 Å². The molecule has 0 spiro atoms. The first-order valence-corrected chi connectivity index (χ1v) is 12.1. The first-order valence-electron chi connectivity index (χ1n) is 12.1. The third kappa shape index (κ3) is 5.04. The Balaban J connectivity index is 1.54. The summed E-state index contributed by atoms with van der Waals surface area (Å²) in [4.78, 5) is 26.9. The van der Waals surface area contributed by atoms with Crippen LogP contribution in [0.15, 0.2) is 90.3 Å². The molecule has 2 amide bonds. The van der Waals surface area contributed by atoms with E-state index in [9.17, 15) is 14.0 Å². The minimum absolute atomic E-state index is 0.265. The Morgan fingerprint density at radius 2 is 1.64 bits per heavy atom. The Hall–Kier alpha value is -5.12. The molecule has 1 aromatic heterocycles. The number of amides is 2. The lowest BCUT2D eigenvalue weighted by Gasteiger charge is -2.30. The zero-order valence-corrected chi connectivity index (χ0v) is 21.5. The maximum Gasteiger partial charge on any atom is 0.261 e. The molecule has 1 aliphatic rings. The molecule has 0 aliphatic carbocycles. The average Bonchev–Trinajstić information content (AvgIpc) is 3.37. The predicted octanol–water partition coefficient (Wildman–Crippen LogP) is 5.22. The molecule has 39 heavy (non-hydrogen) atoms. The summed E-state index contributed by atoms with van der Waals surface area (Å²) in [6.45, 7) is 1.77. The maximum atomic E-state index is 13.7. The van der Waals surface area contributed by atoms with Gasteiger partial charge >= 0.3 is 0 Å². The largest absolute Gasteiger partial charge is 0.497 e. The van der Waals surface area contributed by atoms with E-state index in [1.807, 2.05) is 18.2 Å². The Labute approximate surface area is 224 Å². The van der Waals surface area contributed by atoms with Gasteiger partial charge in [-0.1, -0.05) is 24.3 Å². The number of hydrogen-bond acceptors (Lipinski definition) is 6. The van der Waals surface area contributed by atoms with Crippen molar-refractivity contribution in [3.63, 3.8) is 0 Å². The minimum Gasteiger partial charge on any atom is -0.497 e. The SMILES string of the molecule is COc1ccc([C@H]2C(C(=O)Nc3ccccc3OC)=C(C)Nc3c(C(=O)Nc4ccc(F)cc4)cnn32)cc1. The van der Waals surface area contributed by atoms with Crippen LogP contribution >= 0.6 is 0 Å². The molecular formula is C29H26FN5O4. The van der Waals surface area contributed by atoms with Crippen molar-refractivity contribution in [2.75, 3.05) is 30.2 Å². The van der Waals surface area contributed by atoms with Crippen molar-refractivity contribution in [2.45, 2.75) is 13.0 Å². The summed E-state index contributed by atoms with van der Waals surface area (Å²) in [5.74, 6) is 0.408. The number of para-hydroxylation sites is 2. The van der Waals surface area contributed by atoms with Crippen LogP contribution in [0.3, 0.4) is 0 Å². The van der Waals surface area contributed by atoms with Gasteiger partial charge in [-0.2, -0.15) is 5.10 Å². The summed E-state index contributed by atoms with van der Waals surface area (Å²) in [6, 6.07) is 19.2. The number of allylic oxidation sites excluding steroid dienone is 1. The highest BCUT2D eigenvalue weighted by molar-refractivity contribution is 6.09. The van der Waals surface area contributed by atoms with Crippen LogP contribution in [0, 0.1) is 5.82 Å². The van der Waals surface area contributed by atoms with Crippen LogP contribution in [0.5, 0.6) is 11.5 Å². The van der Waals surface area contributed by atoms with Crippen LogP contribution in [0.4, 0.5) is 21.6 Å². The number of halogens is 1. The van der Waals surface area contributed by atoms with Crippen molar-refractivity contribution in [1.82, 2.24) is 9.78 Å². The molecule has 9 nitrogen and oxygen atoms in total. The summed E-state index contributed by atoms with van der Waals surface area (Å²) in [6.07, 6.45) is 1.44. The normalized spacial score (nSPS) is 14.2. The first kappa shape index (κ1) is 25.5. The molecule has 3 aromatic carbocycles. The number of benzene rings is 3. The molecule has 5 rings (SSSR count). The standard InChI is InChI=1S/C29H26FN5O4/c1-17-25(29(37)34-23-6-4-5-7-24(23)39-3)26(18-8-14-21(38-2)15-9-18)35-27(32-17)22(16-31-35)28(36)33-20-12-10-19(30)11-13-20/h4-16,26,32H,1-3H3,(H,33,36)(H,34,37)/t26-/m0/s1. The number of anilines is 3. The number of methoxy groups -OCH3 is 2. The third-order valence-electron chi connectivity index (χ3n) is 6.40. The summed E-state index contributed by atoms with van der Waals surface area (Å²) in [5.41, 5.74) is 2.94. The van der Waals surface area contributed by atoms with Crippen molar-refractivity contribution in [1.29, 1.82) is 0 Å². The first-order chi connectivity index (χ1) is 18.9. The van der Waals surface area contributed by atoms with E-state index in [0.717, 1.165) is 5.56 Å². The van der Waals surface area contributed by atoms with Gasteiger partial charge in [0.15, 0.2) is 0 Å². The monoisotopic (exact) mass is 527 g/mol. The molecule has 4 aromatic rings. The number of carbonyl (C=O) groups excluding carboxylic acids is 2. The topological polar surface area (TPSA) is 107 Å². The Bertz CT molecular complexity index is 1560. The summed E-state index contributed by atoms with van der Waals surface area (Å²) in [7, 11) is 3.11. The Morgan fingerprint density at radius 1 is 0.923 bits per heavy atom. The van der Waals surface area contributed by atoms with Crippen LogP contribution in [0.1, 0.15) is 28.9 Å². The summed E-state index contributed by atoms with van der Waals surface area (Å²) < 4.78 is 25.6. The molecule has 0 saturated carbocycles. The van der Waals surface area contributed by atoms with Crippen molar-refractivity contribution in [2.24, 2.45) is 0 Å². The number of carbonyl (C=O) groups is 2. The highest BCUT2D eigenvalue weighted by atomic mass is 19.1. The molecule has 3 N–H and O–H groups in total. The molecule has 0 unspecified atom stereocenters. The van der Waals surface area contributed by atoms with Gasteiger partial charge in [-0.15, -0.1) is 0 Å². The third-order valence-corrected chi connectivity index (χ3v) is 6.40. The number of hydrogen-bond donors (Lipinski definition) is 3. The van der Waals surface area contributed by atoms with Crippen molar-refractivity contribution >= 4 is 29.0 Å². The molecule has 1 atom stereocenters. The zero-order valence-electron chi connectivity index (χ0n) is 21.5. The lowest BCUT2D eigenvalue weighted by atomic mass is 9.94. The molecule has 10 heteroatoms. The molecule has 0 fully saturated rings. The fourth-order valence-electron chi connectivity index (χ4n) is 4.48. The molecule has 2 heterocycles. The molecule has 1 aliphatic heterocycles. The van der Waals surface area contributed by atoms with Crippen LogP contribution in [0.2, 0.25) is 0 Å². The fourth-order valence-corrected chi connectivity index (χ4v) is 4.48. The molecule has 198 valence electrons. The van der Waals surface area contributed by atoms with E-state index in [1.165, 1.54) is 37.6 Å². The number of ether oxygens (including phenoxy) is 2. The van der Waals surface area contributed by atoms with Gasteiger partial charge in [-0.05, 0) is 61.0 Å². The van der Waals surface area contributed by atoms with E-state index in [2.05, 4.69) is 21.0 Å². The lowest BCUT2D eigenvalue weighted by molar-refractivity contribution is -0.113. The summed E-state index contributed by atoms with van der Waals surface area (Å²) >= 11 is 0. The number of nitrogens with one attached hydrogen (secondary N) is 3. The van der Waals surface area contributed by atoms with Gasteiger partial charge in [0.25, 0.3) is 11.8 Å². The smallest absolute Gasteiger partial charge is 0.261 e. The van der Waals surface area contributed by atoms with Gasteiger partial charge in [0.2, 0.25) is 0 Å². The number of rotatable bonds is 7. The summed E-state index contributed by atoms with van der Waals surface area (Å²) in [5, 5.41) is 13.4. The van der Waals surface area contributed by atoms with Crippen molar-refractivity contribution in [3.05, 3.63) is 107 Å². The van der Waals surface area contributed by atoms with Gasteiger partial charge in [0.1, 0.15) is 34.7 Å². The fraction of sp³-hybridized carbons (Fsp3) is 0.138. The quantitative estimate of drug-likeness (QED) is 0.304. The van der Waals surface area contributed by atoms with Crippen LogP contribution in [-0.4, -0.2) is 35.8 Å². The van der Waals surface area contributed by atoms with Crippen molar-refractivity contribution < 1.29 is 23.5 Å². The molecule has 0 bridgehead atoms. The Kier molecular flexibility index (Phi) is 7.00. The predicted molar refractivity (Wildman–Crippen MR) is 146 cm³/mol. The molecule has 0 radical (unpaired) electrons. The van der Waals surface area contributed by atoms with E-state index in [4.69, 9.17) is 9.47 Å². The zero-order chi connectivity index (χ0) is 27.5. The van der Waals surface area contributed by atoms with E-state index in [-0.39, 0.29) is 11.5 Å². The second-order valence-electron chi connectivity index (χ2n) is 8.81. The van der Waals surface area contributed by atoms with Gasteiger partial charge in [0, 0.05) is 11.4 Å². The minimum atomic E-state index is -0.658. The van der Waals surface area contributed by atoms with Crippen LogP contribution in [0.25, 0.3) is 0 Å². The second-order valence-corrected chi connectivity index (χ2v) is 8.81. The van der Waals surface area contributed by atoms with E-state index >= 15 is 0 Å². The highest BCUT2D eigenvalue weighted by Gasteiger charge is 2.35. The van der Waals surface area contributed by atoms with Gasteiger partial charge in [-0.3, -0.25) is 9.59 Å². The number of nitrogens with zero attached hydrogens (tertiary/aromatic N) is 2.